The lowest BCUT2D eigenvalue weighted by Gasteiger charge is -2.30. The quantitative estimate of drug-likeness (QED) is 0.841. The van der Waals surface area contributed by atoms with Gasteiger partial charge in [-0.25, -0.2) is 0 Å². The zero-order valence-corrected chi connectivity index (χ0v) is 13.0. The molecular formula is C14H23BrN2O. The summed E-state index contributed by atoms with van der Waals surface area (Å²) in [5, 5.41) is 0. The zero-order valence-electron chi connectivity index (χ0n) is 11.4. The van der Waals surface area contributed by atoms with Crippen LogP contribution in [0.1, 0.15) is 19.4 Å². The fraction of sp³-hybridized carbons (Fsp3) is 0.571. The summed E-state index contributed by atoms with van der Waals surface area (Å²) in [5.74, 6) is 0. The van der Waals surface area contributed by atoms with E-state index < -0.39 is 0 Å². The van der Waals surface area contributed by atoms with Crippen LogP contribution < -0.4 is 10.6 Å². The summed E-state index contributed by atoms with van der Waals surface area (Å²) >= 11 is 3.65. The van der Waals surface area contributed by atoms with Gasteiger partial charge in [0.15, 0.2) is 0 Å². The van der Waals surface area contributed by atoms with E-state index in [4.69, 9.17) is 10.5 Å². The number of likely N-dealkylation sites (N-methyl/N-ethyl adjacent to an activating group) is 1. The van der Waals surface area contributed by atoms with Crippen LogP contribution in [0.3, 0.4) is 0 Å². The van der Waals surface area contributed by atoms with Gasteiger partial charge in [0.05, 0.1) is 12.3 Å². The molecule has 0 amide bonds. The van der Waals surface area contributed by atoms with Gasteiger partial charge in [0.2, 0.25) is 0 Å². The number of nitrogens with two attached hydrogens (primary N) is 1. The minimum atomic E-state index is 0.358. The van der Waals surface area contributed by atoms with E-state index in [1.165, 1.54) is 11.3 Å². The predicted molar refractivity (Wildman–Crippen MR) is 81.3 cm³/mol. The van der Waals surface area contributed by atoms with Crippen LogP contribution in [0.15, 0.2) is 22.7 Å². The molecule has 4 heteroatoms. The smallest absolute Gasteiger partial charge is 0.0663 e. The lowest BCUT2D eigenvalue weighted by molar-refractivity contribution is 0.182. The van der Waals surface area contributed by atoms with Crippen LogP contribution >= 0.6 is 15.9 Å². The van der Waals surface area contributed by atoms with Gasteiger partial charge in [-0.3, -0.25) is 0 Å². The van der Waals surface area contributed by atoms with Crippen molar-refractivity contribution >= 4 is 21.6 Å². The Labute approximate surface area is 118 Å². The number of hydrogen-bond acceptors (Lipinski definition) is 3. The van der Waals surface area contributed by atoms with Crippen LogP contribution in [0, 0.1) is 0 Å². The van der Waals surface area contributed by atoms with E-state index >= 15 is 0 Å². The molecule has 0 saturated carbocycles. The SMILES string of the molecule is CCN(c1ccc(CCN)cc1Br)C(C)COC. The van der Waals surface area contributed by atoms with Gasteiger partial charge < -0.3 is 15.4 Å². The predicted octanol–water partition coefficient (Wildman–Crippen LogP) is 2.81. The van der Waals surface area contributed by atoms with Crippen molar-refractivity contribution in [3.63, 3.8) is 0 Å². The molecule has 0 heterocycles. The van der Waals surface area contributed by atoms with Gasteiger partial charge in [0.25, 0.3) is 0 Å². The summed E-state index contributed by atoms with van der Waals surface area (Å²) in [6.07, 6.45) is 0.915. The van der Waals surface area contributed by atoms with Gasteiger partial charge >= 0.3 is 0 Å². The van der Waals surface area contributed by atoms with Crippen LogP contribution in [-0.4, -0.2) is 32.8 Å². The van der Waals surface area contributed by atoms with Gasteiger partial charge in [-0.15, -0.1) is 0 Å². The summed E-state index contributed by atoms with van der Waals surface area (Å²) in [6, 6.07) is 6.82. The Hall–Kier alpha value is -0.580. The number of rotatable bonds is 7. The van der Waals surface area contributed by atoms with Crippen LogP contribution in [0.2, 0.25) is 0 Å². The first-order valence-electron chi connectivity index (χ1n) is 6.38. The molecule has 1 unspecified atom stereocenters. The highest BCUT2D eigenvalue weighted by Crippen LogP contribution is 2.29. The Balaban J connectivity index is 2.92. The van der Waals surface area contributed by atoms with Gasteiger partial charge in [-0.05, 0) is 60.4 Å². The van der Waals surface area contributed by atoms with E-state index in [0.29, 0.717) is 12.6 Å². The second-order valence-electron chi connectivity index (χ2n) is 4.41. The molecule has 18 heavy (non-hydrogen) atoms. The summed E-state index contributed by atoms with van der Waals surface area (Å²) in [7, 11) is 1.74. The fourth-order valence-electron chi connectivity index (χ4n) is 2.16. The van der Waals surface area contributed by atoms with Crippen molar-refractivity contribution in [1.82, 2.24) is 0 Å². The van der Waals surface area contributed by atoms with Crippen molar-refractivity contribution in [3.8, 4) is 0 Å². The van der Waals surface area contributed by atoms with Gasteiger partial charge in [0.1, 0.15) is 0 Å². The first kappa shape index (κ1) is 15.5. The Morgan fingerprint density at radius 1 is 1.44 bits per heavy atom. The Kier molecular flexibility index (Phi) is 6.68. The van der Waals surface area contributed by atoms with Crippen LogP contribution in [-0.2, 0) is 11.2 Å². The van der Waals surface area contributed by atoms with E-state index in [0.717, 1.165) is 24.0 Å². The standard InChI is InChI=1S/C14H23BrN2O/c1-4-17(11(2)10-18-3)14-6-5-12(7-8-16)9-13(14)15/h5-6,9,11H,4,7-8,10,16H2,1-3H3. The highest BCUT2D eigenvalue weighted by molar-refractivity contribution is 9.10. The van der Waals surface area contributed by atoms with Crippen molar-refractivity contribution in [2.75, 3.05) is 31.7 Å². The summed E-state index contributed by atoms with van der Waals surface area (Å²) in [6.45, 7) is 6.70. The molecule has 102 valence electrons. The van der Waals surface area contributed by atoms with Crippen molar-refractivity contribution in [2.24, 2.45) is 5.73 Å². The van der Waals surface area contributed by atoms with E-state index in [1.807, 2.05) is 0 Å². The molecule has 1 aromatic carbocycles. The van der Waals surface area contributed by atoms with Crippen molar-refractivity contribution in [2.45, 2.75) is 26.3 Å². The second kappa shape index (κ2) is 7.77. The largest absolute Gasteiger partial charge is 0.383 e. The highest BCUT2D eigenvalue weighted by atomic mass is 79.9. The second-order valence-corrected chi connectivity index (χ2v) is 5.27. The number of benzene rings is 1. The number of anilines is 1. The van der Waals surface area contributed by atoms with Gasteiger partial charge in [-0.2, -0.15) is 0 Å². The number of methoxy groups -OCH3 is 1. The molecule has 3 nitrogen and oxygen atoms in total. The average molecular weight is 315 g/mol. The molecule has 0 radical (unpaired) electrons. The Morgan fingerprint density at radius 2 is 2.17 bits per heavy atom. The molecule has 0 bridgehead atoms. The third-order valence-corrected chi connectivity index (χ3v) is 3.67. The fourth-order valence-corrected chi connectivity index (χ4v) is 2.81. The maximum absolute atomic E-state index is 5.58. The molecule has 0 aliphatic rings. The third-order valence-electron chi connectivity index (χ3n) is 3.04. The molecule has 0 aliphatic carbocycles. The molecule has 1 atom stereocenters. The molecule has 2 N–H and O–H groups in total. The lowest BCUT2D eigenvalue weighted by atomic mass is 10.1. The number of hydrogen-bond donors (Lipinski definition) is 1. The molecule has 1 rings (SSSR count). The summed E-state index contributed by atoms with van der Waals surface area (Å²) < 4.78 is 6.36. The normalized spacial score (nSPS) is 12.5. The maximum Gasteiger partial charge on any atom is 0.0663 e. The molecule has 0 spiro atoms. The minimum absolute atomic E-state index is 0.358. The summed E-state index contributed by atoms with van der Waals surface area (Å²) in [4.78, 5) is 2.33. The van der Waals surface area contributed by atoms with Crippen molar-refractivity contribution < 1.29 is 4.74 Å². The maximum atomic E-state index is 5.58. The van der Waals surface area contributed by atoms with Crippen molar-refractivity contribution in [3.05, 3.63) is 28.2 Å². The molecule has 0 fully saturated rings. The monoisotopic (exact) mass is 314 g/mol. The Bertz CT molecular complexity index is 371. The van der Waals surface area contributed by atoms with E-state index in [1.54, 1.807) is 7.11 Å². The topological polar surface area (TPSA) is 38.5 Å². The highest BCUT2D eigenvalue weighted by Gasteiger charge is 2.15. The molecule has 0 saturated heterocycles. The number of ether oxygens (including phenoxy) is 1. The molecule has 0 aliphatic heterocycles. The van der Waals surface area contributed by atoms with Crippen molar-refractivity contribution in [1.29, 1.82) is 0 Å². The van der Waals surface area contributed by atoms with Gasteiger partial charge in [0, 0.05) is 24.2 Å². The van der Waals surface area contributed by atoms with Crippen LogP contribution in [0.5, 0.6) is 0 Å². The number of halogens is 1. The van der Waals surface area contributed by atoms with Gasteiger partial charge in [-0.1, -0.05) is 6.07 Å². The van der Waals surface area contributed by atoms with Crippen LogP contribution in [0.4, 0.5) is 5.69 Å². The third kappa shape index (κ3) is 3.97. The summed E-state index contributed by atoms with van der Waals surface area (Å²) in [5.41, 5.74) is 8.06. The lowest BCUT2D eigenvalue weighted by Crippen LogP contribution is -2.36. The molecule has 0 aromatic heterocycles. The van der Waals surface area contributed by atoms with E-state index in [2.05, 4.69) is 52.9 Å². The first-order chi connectivity index (χ1) is 8.63. The molecule has 1 aromatic rings. The van der Waals surface area contributed by atoms with E-state index in [9.17, 15) is 0 Å². The van der Waals surface area contributed by atoms with E-state index in [-0.39, 0.29) is 0 Å². The molecular weight excluding hydrogens is 292 g/mol. The minimum Gasteiger partial charge on any atom is -0.383 e. The Morgan fingerprint density at radius 3 is 2.67 bits per heavy atom. The number of nitrogens with zero attached hydrogens (tertiary/aromatic N) is 1. The van der Waals surface area contributed by atoms with Crippen LogP contribution in [0.25, 0.3) is 0 Å². The average Bonchev–Trinajstić information content (AvgIpc) is 2.33. The first-order valence-corrected chi connectivity index (χ1v) is 7.17. The zero-order chi connectivity index (χ0) is 13.5.